The van der Waals surface area contributed by atoms with Crippen molar-refractivity contribution in [3.63, 3.8) is 0 Å². The minimum absolute atomic E-state index is 0.117. The third kappa shape index (κ3) is 2.97. The summed E-state index contributed by atoms with van der Waals surface area (Å²) in [6, 6.07) is 7.38. The number of methoxy groups -OCH3 is 1. The van der Waals surface area contributed by atoms with Crippen molar-refractivity contribution in [2.45, 2.75) is 25.3 Å². The number of carbonyl (C=O) groups excluding carboxylic acids is 1. The van der Waals surface area contributed by atoms with E-state index in [1.165, 1.54) is 0 Å². The summed E-state index contributed by atoms with van der Waals surface area (Å²) in [6.45, 7) is 0.455. The first-order valence-electron chi connectivity index (χ1n) is 6.28. The quantitative estimate of drug-likeness (QED) is 0.818. The molecule has 0 saturated heterocycles. The van der Waals surface area contributed by atoms with Gasteiger partial charge in [-0.05, 0) is 31.0 Å². The highest BCUT2D eigenvalue weighted by molar-refractivity contribution is 5.99. The van der Waals surface area contributed by atoms with Gasteiger partial charge in [0.2, 0.25) is 0 Å². The van der Waals surface area contributed by atoms with E-state index in [4.69, 9.17) is 15.7 Å². The molecular formula is C14H17N3O2. The van der Waals surface area contributed by atoms with E-state index in [2.05, 4.69) is 6.07 Å². The lowest BCUT2D eigenvalue weighted by molar-refractivity contribution is 0.0747. The number of benzene rings is 1. The van der Waals surface area contributed by atoms with Crippen LogP contribution in [-0.4, -0.2) is 30.5 Å². The molecule has 1 aromatic carbocycles. The lowest BCUT2D eigenvalue weighted by Crippen LogP contribution is -2.34. The summed E-state index contributed by atoms with van der Waals surface area (Å²) in [5, 5.41) is 8.67. The zero-order chi connectivity index (χ0) is 13.8. The van der Waals surface area contributed by atoms with Crippen LogP contribution in [0.3, 0.4) is 0 Å². The maximum Gasteiger partial charge on any atom is 0.256 e. The molecule has 5 nitrogen and oxygen atoms in total. The Kier molecular flexibility index (Phi) is 3.91. The molecule has 0 heterocycles. The molecule has 1 aromatic rings. The van der Waals surface area contributed by atoms with Gasteiger partial charge in [-0.15, -0.1) is 0 Å². The topological polar surface area (TPSA) is 79.3 Å². The number of amides is 1. The maximum absolute atomic E-state index is 12.5. The number of hydrogen-bond donors (Lipinski definition) is 1. The zero-order valence-electron chi connectivity index (χ0n) is 10.9. The van der Waals surface area contributed by atoms with E-state index in [9.17, 15) is 4.79 Å². The first kappa shape index (κ1) is 13.2. The van der Waals surface area contributed by atoms with E-state index in [1.54, 1.807) is 30.2 Å². The van der Waals surface area contributed by atoms with Gasteiger partial charge in [0, 0.05) is 18.3 Å². The van der Waals surface area contributed by atoms with Crippen molar-refractivity contribution in [2.24, 2.45) is 0 Å². The third-order valence-electron chi connectivity index (χ3n) is 3.20. The Morgan fingerprint density at radius 2 is 2.32 bits per heavy atom. The van der Waals surface area contributed by atoms with Crippen LogP contribution in [0.25, 0.3) is 0 Å². The van der Waals surface area contributed by atoms with E-state index >= 15 is 0 Å². The van der Waals surface area contributed by atoms with Crippen LogP contribution >= 0.6 is 0 Å². The highest BCUT2D eigenvalue weighted by atomic mass is 16.5. The van der Waals surface area contributed by atoms with Crippen molar-refractivity contribution >= 4 is 11.6 Å². The number of rotatable bonds is 5. The molecule has 5 heteroatoms. The Balaban J connectivity index is 2.23. The van der Waals surface area contributed by atoms with Crippen LogP contribution < -0.4 is 10.5 Å². The zero-order valence-corrected chi connectivity index (χ0v) is 10.9. The molecule has 2 rings (SSSR count). The minimum atomic E-state index is -0.117. The van der Waals surface area contributed by atoms with Gasteiger partial charge in [0.1, 0.15) is 5.75 Å². The number of nitriles is 1. The van der Waals surface area contributed by atoms with Crippen LogP contribution in [-0.2, 0) is 0 Å². The van der Waals surface area contributed by atoms with E-state index in [0.29, 0.717) is 30.0 Å². The molecule has 1 aliphatic carbocycles. The average Bonchev–Trinajstić information content (AvgIpc) is 3.24. The van der Waals surface area contributed by atoms with E-state index in [0.717, 1.165) is 12.8 Å². The Bertz CT molecular complexity index is 518. The molecule has 19 heavy (non-hydrogen) atoms. The molecule has 0 atom stereocenters. The van der Waals surface area contributed by atoms with Gasteiger partial charge in [-0.2, -0.15) is 5.26 Å². The fraction of sp³-hybridized carbons (Fsp3) is 0.429. The number of nitrogens with two attached hydrogens (primary N) is 1. The Labute approximate surface area is 112 Å². The first-order chi connectivity index (χ1) is 9.17. The van der Waals surface area contributed by atoms with Crippen LogP contribution in [0.1, 0.15) is 29.6 Å². The van der Waals surface area contributed by atoms with Crippen LogP contribution in [0.4, 0.5) is 5.69 Å². The molecule has 0 aromatic heterocycles. The van der Waals surface area contributed by atoms with Gasteiger partial charge in [-0.1, -0.05) is 0 Å². The number of ether oxygens (including phenoxy) is 1. The summed E-state index contributed by atoms with van der Waals surface area (Å²) in [7, 11) is 1.55. The maximum atomic E-state index is 12.5. The normalized spacial score (nSPS) is 13.7. The molecule has 1 fully saturated rings. The third-order valence-corrected chi connectivity index (χ3v) is 3.20. The van der Waals surface area contributed by atoms with Crippen molar-refractivity contribution in [1.29, 1.82) is 5.26 Å². The molecule has 0 radical (unpaired) electrons. The fourth-order valence-electron chi connectivity index (χ4n) is 2.01. The summed E-state index contributed by atoms with van der Waals surface area (Å²) in [4.78, 5) is 14.2. The Morgan fingerprint density at radius 3 is 2.89 bits per heavy atom. The number of nitrogen functional groups attached to an aromatic ring is 1. The highest BCUT2D eigenvalue weighted by Gasteiger charge is 2.33. The molecule has 1 amide bonds. The van der Waals surface area contributed by atoms with E-state index in [-0.39, 0.29) is 11.9 Å². The molecular weight excluding hydrogens is 242 g/mol. The van der Waals surface area contributed by atoms with Crippen molar-refractivity contribution in [1.82, 2.24) is 4.90 Å². The second kappa shape index (κ2) is 5.61. The lowest BCUT2D eigenvalue weighted by Gasteiger charge is -2.22. The standard InChI is InChI=1S/C14H17N3O2/c1-19-11-5-6-13(16)12(9-11)14(18)17(8-2-7-15)10-3-4-10/h5-6,9-10H,2-4,8,16H2,1H3. The molecule has 2 N–H and O–H groups in total. The lowest BCUT2D eigenvalue weighted by atomic mass is 10.1. The Hall–Kier alpha value is -2.22. The van der Waals surface area contributed by atoms with Gasteiger partial charge in [0.05, 0.1) is 25.2 Å². The van der Waals surface area contributed by atoms with Gasteiger partial charge in [-0.25, -0.2) is 0 Å². The van der Waals surface area contributed by atoms with Crippen molar-refractivity contribution in [2.75, 3.05) is 19.4 Å². The summed E-state index contributed by atoms with van der Waals surface area (Å²) >= 11 is 0. The number of anilines is 1. The van der Waals surface area contributed by atoms with Crippen LogP contribution in [0.5, 0.6) is 5.75 Å². The monoisotopic (exact) mass is 259 g/mol. The SMILES string of the molecule is COc1ccc(N)c(C(=O)N(CCC#N)C2CC2)c1. The van der Waals surface area contributed by atoms with Crippen molar-refractivity contribution in [3.05, 3.63) is 23.8 Å². The smallest absolute Gasteiger partial charge is 0.256 e. The van der Waals surface area contributed by atoms with Crippen molar-refractivity contribution in [3.8, 4) is 11.8 Å². The first-order valence-corrected chi connectivity index (χ1v) is 6.28. The molecule has 0 aliphatic heterocycles. The molecule has 1 saturated carbocycles. The molecule has 0 spiro atoms. The largest absolute Gasteiger partial charge is 0.497 e. The predicted molar refractivity (Wildman–Crippen MR) is 71.7 cm³/mol. The summed E-state index contributed by atoms with van der Waals surface area (Å²) in [6.07, 6.45) is 2.34. The molecule has 0 bridgehead atoms. The van der Waals surface area contributed by atoms with Gasteiger partial charge in [0.15, 0.2) is 0 Å². The minimum Gasteiger partial charge on any atom is -0.497 e. The van der Waals surface area contributed by atoms with Gasteiger partial charge in [0.25, 0.3) is 5.91 Å². The predicted octanol–water partition coefficient (Wildman–Crippen LogP) is 1.80. The Morgan fingerprint density at radius 1 is 1.58 bits per heavy atom. The van der Waals surface area contributed by atoms with E-state index in [1.807, 2.05) is 0 Å². The van der Waals surface area contributed by atoms with Gasteiger partial charge in [-0.3, -0.25) is 4.79 Å². The van der Waals surface area contributed by atoms with Gasteiger partial charge >= 0.3 is 0 Å². The fourth-order valence-corrected chi connectivity index (χ4v) is 2.01. The summed E-state index contributed by atoms with van der Waals surface area (Å²) in [5.41, 5.74) is 6.75. The molecule has 100 valence electrons. The van der Waals surface area contributed by atoms with Crippen LogP contribution in [0, 0.1) is 11.3 Å². The second-order valence-electron chi connectivity index (χ2n) is 4.59. The van der Waals surface area contributed by atoms with E-state index < -0.39 is 0 Å². The highest BCUT2D eigenvalue weighted by Crippen LogP contribution is 2.30. The van der Waals surface area contributed by atoms with Crippen molar-refractivity contribution < 1.29 is 9.53 Å². The van der Waals surface area contributed by atoms with Crippen LogP contribution in [0.2, 0.25) is 0 Å². The van der Waals surface area contributed by atoms with Gasteiger partial charge < -0.3 is 15.4 Å². The number of nitrogens with zero attached hydrogens (tertiary/aromatic N) is 2. The average molecular weight is 259 g/mol. The van der Waals surface area contributed by atoms with Crippen LogP contribution in [0.15, 0.2) is 18.2 Å². The number of carbonyl (C=O) groups is 1. The number of hydrogen-bond acceptors (Lipinski definition) is 4. The summed E-state index contributed by atoms with van der Waals surface area (Å²) < 4.78 is 5.12. The molecule has 1 aliphatic rings. The summed E-state index contributed by atoms with van der Waals surface area (Å²) in [5.74, 6) is 0.489. The molecule has 0 unspecified atom stereocenters. The second-order valence-corrected chi connectivity index (χ2v) is 4.59.